The highest BCUT2D eigenvalue weighted by Crippen LogP contribution is 2.33. The lowest BCUT2D eigenvalue weighted by molar-refractivity contribution is 0.102. The van der Waals surface area contributed by atoms with Crippen LogP contribution >= 0.6 is 50.7 Å². The molecule has 21 heavy (non-hydrogen) atoms. The van der Waals surface area contributed by atoms with Crippen LogP contribution in [0.4, 0.5) is 5.69 Å². The van der Waals surface area contributed by atoms with Crippen LogP contribution in [0, 0.1) is 0 Å². The van der Waals surface area contributed by atoms with Gasteiger partial charge in [-0.15, -0.1) is 0 Å². The van der Waals surface area contributed by atoms with Crippen LogP contribution in [0.2, 0.25) is 15.1 Å². The van der Waals surface area contributed by atoms with Gasteiger partial charge in [-0.1, -0.05) is 50.7 Å². The molecule has 0 spiro atoms. The second kappa shape index (κ2) is 6.88. The van der Waals surface area contributed by atoms with Gasteiger partial charge in [0.2, 0.25) is 0 Å². The Morgan fingerprint density at radius 2 is 1.76 bits per heavy atom. The molecule has 3 nitrogen and oxygen atoms in total. The molecule has 0 saturated heterocycles. The average molecular weight is 409 g/mol. The lowest BCUT2D eigenvalue weighted by Gasteiger charge is -2.11. The molecule has 0 saturated carbocycles. The molecule has 1 amide bonds. The number of anilines is 1. The van der Waals surface area contributed by atoms with Crippen molar-refractivity contribution in [2.24, 2.45) is 0 Å². The molecule has 2 aromatic rings. The van der Waals surface area contributed by atoms with Crippen LogP contribution in [0.15, 0.2) is 34.8 Å². The van der Waals surface area contributed by atoms with Gasteiger partial charge in [-0.3, -0.25) is 4.79 Å². The van der Waals surface area contributed by atoms with E-state index in [2.05, 4.69) is 21.2 Å². The van der Waals surface area contributed by atoms with Crippen LogP contribution in [0.1, 0.15) is 10.4 Å². The third kappa shape index (κ3) is 3.83. The van der Waals surface area contributed by atoms with E-state index < -0.39 is 0 Å². The van der Waals surface area contributed by atoms with Crippen molar-refractivity contribution < 1.29 is 9.53 Å². The number of halogens is 4. The topological polar surface area (TPSA) is 38.3 Å². The van der Waals surface area contributed by atoms with Gasteiger partial charge in [-0.2, -0.15) is 0 Å². The first kappa shape index (κ1) is 16.4. The van der Waals surface area contributed by atoms with Crippen molar-refractivity contribution in [3.63, 3.8) is 0 Å². The van der Waals surface area contributed by atoms with E-state index >= 15 is 0 Å². The van der Waals surface area contributed by atoms with Crippen molar-refractivity contribution in [2.45, 2.75) is 0 Å². The summed E-state index contributed by atoms with van der Waals surface area (Å²) in [6.45, 7) is 0. The number of nitrogens with one attached hydrogen (secondary N) is 1. The Bertz CT molecular complexity index is 707. The van der Waals surface area contributed by atoms with Crippen LogP contribution in [0.25, 0.3) is 0 Å². The summed E-state index contributed by atoms with van der Waals surface area (Å²) in [6.07, 6.45) is 0. The largest absolute Gasteiger partial charge is 0.496 e. The number of carbonyl (C=O) groups excluding carboxylic acids is 1. The molecule has 7 heteroatoms. The summed E-state index contributed by atoms with van der Waals surface area (Å²) in [4.78, 5) is 12.3. The zero-order valence-electron chi connectivity index (χ0n) is 10.7. The summed E-state index contributed by atoms with van der Waals surface area (Å²) in [5.74, 6) is 0.0836. The van der Waals surface area contributed by atoms with Gasteiger partial charge in [0.05, 0.1) is 33.4 Å². The molecule has 0 atom stereocenters. The zero-order chi connectivity index (χ0) is 15.6. The van der Waals surface area contributed by atoms with Crippen LogP contribution < -0.4 is 10.1 Å². The molecule has 0 heterocycles. The third-order valence-corrected chi connectivity index (χ3v) is 4.19. The summed E-state index contributed by atoms with van der Waals surface area (Å²) in [7, 11) is 1.49. The number of methoxy groups -OCH3 is 1. The molecule has 0 aromatic heterocycles. The van der Waals surface area contributed by atoms with E-state index in [1.807, 2.05) is 0 Å². The minimum absolute atomic E-state index is 0.298. The Labute approximate surface area is 145 Å². The van der Waals surface area contributed by atoms with Gasteiger partial charge in [-0.05, 0) is 30.3 Å². The van der Waals surface area contributed by atoms with Crippen molar-refractivity contribution in [1.29, 1.82) is 0 Å². The highest BCUT2D eigenvalue weighted by Gasteiger charge is 2.15. The zero-order valence-corrected chi connectivity index (χ0v) is 14.6. The Morgan fingerprint density at radius 1 is 1.10 bits per heavy atom. The molecule has 2 rings (SSSR count). The standard InChI is InChI=1S/C14H9BrCl3NO2/c1-21-13-3-2-7(15)4-8(13)14(20)19-12-6-10(17)9(16)5-11(12)18/h2-6H,1H3,(H,19,20). The predicted octanol–water partition coefficient (Wildman–Crippen LogP) is 5.67. The Morgan fingerprint density at radius 3 is 2.43 bits per heavy atom. The minimum Gasteiger partial charge on any atom is -0.496 e. The average Bonchev–Trinajstić information content (AvgIpc) is 2.44. The molecular weight excluding hydrogens is 400 g/mol. The number of benzene rings is 2. The van der Waals surface area contributed by atoms with Crippen molar-refractivity contribution in [1.82, 2.24) is 0 Å². The predicted molar refractivity (Wildman–Crippen MR) is 90.1 cm³/mol. The van der Waals surface area contributed by atoms with Crippen molar-refractivity contribution >= 4 is 62.3 Å². The molecule has 1 N–H and O–H groups in total. The van der Waals surface area contributed by atoms with Gasteiger partial charge in [0.15, 0.2) is 0 Å². The summed E-state index contributed by atoms with van der Waals surface area (Å²) < 4.78 is 5.93. The van der Waals surface area contributed by atoms with E-state index in [0.29, 0.717) is 32.1 Å². The molecule has 110 valence electrons. The van der Waals surface area contributed by atoms with Crippen LogP contribution in [-0.2, 0) is 0 Å². The highest BCUT2D eigenvalue weighted by atomic mass is 79.9. The van der Waals surface area contributed by atoms with Crippen LogP contribution in [-0.4, -0.2) is 13.0 Å². The summed E-state index contributed by atoms with van der Waals surface area (Å²) >= 11 is 21.1. The monoisotopic (exact) mass is 407 g/mol. The second-order valence-corrected chi connectivity index (χ2v) is 6.18. The van der Waals surface area contributed by atoms with Crippen molar-refractivity contribution in [3.05, 3.63) is 55.4 Å². The highest BCUT2D eigenvalue weighted by molar-refractivity contribution is 9.10. The molecule has 0 aliphatic carbocycles. The minimum atomic E-state index is -0.367. The molecule has 0 aliphatic rings. The summed E-state index contributed by atoms with van der Waals surface area (Å²) in [6, 6.07) is 8.09. The molecule has 0 bridgehead atoms. The molecule has 0 aliphatic heterocycles. The number of rotatable bonds is 3. The molecule has 2 aromatic carbocycles. The van der Waals surface area contributed by atoms with E-state index in [4.69, 9.17) is 39.5 Å². The maximum Gasteiger partial charge on any atom is 0.259 e. The van der Waals surface area contributed by atoms with E-state index in [1.165, 1.54) is 19.2 Å². The van der Waals surface area contributed by atoms with E-state index in [0.717, 1.165) is 4.47 Å². The Kier molecular flexibility index (Phi) is 5.38. The maximum absolute atomic E-state index is 12.3. The van der Waals surface area contributed by atoms with Gasteiger partial charge in [-0.25, -0.2) is 0 Å². The lowest BCUT2D eigenvalue weighted by Crippen LogP contribution is -2.13. The third-order valence-electron chi connectivity index (χ3n) is 2.66. The smallest absolute Gasteiger partial charge is 0.259 e. The number of carbonyl (C=O) groups is 1. The fourth-order valence-corrected chi connectivity index (χ4v) is 2.62. The van der Waals surface area contributed by atoms with E-state index in [1.54, 1.807) is 18.2 Å². The van der Waals surface area contributed by atoms with Crippen LogP contribution in [0.3, 0.4) is 0 Å². The molecule has 0 radical (unpaired) electrons. The van der Waals surface area contributed by atoms with Crippen molar-refractivity contribution in [3.8, 4) is 5.75 Å². The van der Waals surface area contributed by atoms with Gasteiger partial charge >= 0.3 is 0 Å². The van der Waals surface area contributed by atoms with Crippen LogP contribution in [0.5, 0.6) is 5.75 Å². The fourth-order valence-electron chi connectivity index (χ4n) is 1.67. The maximum atomic E-state index is 12.3. The molecule has 0 unspecified atom stereocenters. The molecule has 0 fully saturated rings. The normalized spacial score (nSPS) is 10.3. The number of hydrogen-bond donors (Lipinski definition) is 1. The number of ether oxygens (including phenoxy) is 1. The second-order valence-electron chi connectivity index (χ2n) is 4.04. The number of hydrogen-bond acceptors (Lipinski definition) is 2. The molecular formula is C14H9BrCl3NO2. The quantitative estimate of drug-likeness (QED) is 0.664. The first-order valence-electron chi connectivity index (χ1n) is 5.72. The first-order valence-corrected chi connectivity index (χ1v) is 7.64. The fraction of sp³-hybridized carbons (Fsp3) is 0.0714. The van der Waals surface area contributed by atoms with Gasteiger partial charge < -0.3 is 10.1 Å². The summed E-state index contributed by atoms with van der Waals surface area (Å²) in [5, 5.41) is 3.60. The number of amides is 1. The first-order chi connectivity index (χ1) is 9.92. The van der Waals surface area contributed by atoms with Gasteiger partial charge in [0, 0.05) is 4.47 Å². The Balaban J connectivity index is 2.34. The van der Waals surface area contributed by atoms with E-state index in [-0.39, 0.29) is 5.91 Å². The Hall–Kier alpha value is -0.940. The summed E-state index contributed by atoms with van der Waals surface area (Å²) in [5.41, 5.74) is 0.743. The van der Waals surface area contributed by atoms with Gasteiger partial charge in [0.25, 0.3) is 5.91 Å². The lowest BCUT2D eigenvalue weighted by atomic mass is 10.2. The van der Waals surface area contributed by atoms with Gasteiger partial charge in [0.1, 0.15) is 5.75 Å². The van der Waals surface area contributed by atoms with E-state index in [9.17, 15) is 4.79 Å². The van der Waals surface area contributed by atoms with Crippen molar-refractivity contribution in [2.75, 3.05) is 12.4 Å². The SMILES string of the molecule is COc1ccc(Br)cc1C(=O)Nc1cc(Cl)c(Cl)cc1Cl.